The van der Waals surface area contributed by atoms with Crippen LogP contribution in [-0.4, -0.2) is 30.2 Å². The zero-order valence-corrected chi connectivity index (χ0v) is 13.9. The summed E-state index contributed by atoms with van der Waals surface area (Å²) in [7, 11) is 0. The molecule has 1 amide bonds. The second-order valence-corrected chi connectivity index (χ2v) is 6.20. The lowest BCUT2D eigenvalue weighted by Crippen LogP contribution is -2.22. The fourth-order valence-electron chi connectivity index (χ4n) is 1.99. The Morgan fingerprint density at radius 3 is 2.76 bits per heavy atom. The molecule has 1 heterocycles. The molecule has 134 valence electrons. The number of nitrogens with one attached hydrogen (secondary N) is 1. The van der Waals surface area contributed by atoms with Gasteiger partial charge in [0.2, 0.25) is 0 Å². The van der Waals surface area contributed by atoms with Gasteiger partial charge in [0.05, 0.1) is 0 Å². The number of alkyl halides is 2. The van der Waals surface area contributed by atoms with Crippen molar-refractivity contribution in [2.24, 2.45) is 0 Å². The average molecular weight is 371 g/mol. The summed E-state index contributed by atoms with van der Waals surface area (Å²) in [5.74, 6) is -1.44. The Kier molecular flexibility index (Phi) is 6.29. The van der Waals surface area contributed by atoms with Crippen molar-refractivity contribution in [3.8, 4) is 11.5 Å². The largest absolute Gasteiger partial charge is 0.482 e. The van der Waals surface area contributed by atoms with Crippen molar-refractivity contribution in [1.29, 1.82) is 0 Å². The van der Waals surface area contributed by atoms with Gasteiger partial charge in [-0.3, -0.25) is 4.79 Å². The minimum Gasteiger partial charge on any atom is -0.482 e. The first-order chi connectivity index (χ1) is 11.8. The average Bonchev–Trinajstić information content (AvgIpc) is 2.90. The lowest BCUT2D eigenvalue weighted by Gasteiger charge is -2.09. The minimum atomic E-state index is -3.01. The van der Waals surface area contributed by atoms with Crippen molar-refractivity contribution >= 4 is 23.2 Å². The van der Waals surface area contributed by atoms with E-state index in [9.17, 15) is 18.4 Å². The number of aryl methyl sites for hydroxylation is 1. The van der Waals surface area contributed by atoms with E-state index in [2.05, 4.69) is 10.1 Å². The van der Waals surface area contributed by atoms with E-state index in [1.165, 1.54) is 6.07 Å². The van der Waals surface area contributed by atoms with Gasteiger partial charge in [-0.2, -0.15) is 8.78 Å². The fraction of sp³-hybridized carbons (Fsp3) is 0.250. The number of hydrogen-bond donors (Lipinski definition) is 2. The maximum absolute atomic E-state index is 12.4. The molecule has 2 aromatic rings. The highest BCUT2D eigenvalue weighted by atomic mass is 32.1. The monoisotopic (exact) mass is 371 g/mol. The van der Waals surface area contributed by atoms with Gasteiger partial charge < -0.3 is 19.9 Å². The fourth-order valence-corrected chi connectivity index (χ4v) is 2.85. The minimum absolute atomic E-state index is 0.0658. The summed E-state index contributed by atoms with van der Waals surface area (Å²) >= 11 is 1.05. The third kappa shape index (κ3) is 5.71. The number of rotatable bonds is 8. The molecule has 0 aliphatic rings. The van der Waals surface area contributed by atoms with E-state index in [1.54, 1.807) is 31.2 Å². The number of hydrogen-bond acceptors (Lipinski definition) is 5. The molecule has 1 aromatic carbocycles. The number of carbonyl (C=O) groups is 2. The van der Waals surface area contributed by atoms with Crippen LogP contribution in [0.3, 0.4) is 0 Å². The Hall–Kier alpha value is -2.68. The van der Waals surface area contributed by atoms with Gasteiger partial charge in [-0.05, 0) is 30.7 Å². The molecular weight excluding hydrogens is 356 g/mol. The first-order valence-electron chi connectivity index (χ1n) is 7.12. The van der Waals surface area contributed by atoms with Crippen LogP contribution in [0.2, 0.25) is 0 Å². The first kappa shape index (κ1) is 18.7. The number of aliphatic carboxylic acids is 1. The summed E-state index contributed by atoms with van der Waals surface area (Å²) in [5, 5.41) is 11.2. The third-order valence-corrected chi connectivity index (χ3v) is 3.99. The van der Waals surface area contributed by atoms with E-state index in [1.807, 2.05) is 0 Å². The van der Waals surface area contributed by atoms with Crippen molar-refractivity contribution < 1.29 is 33.0 Å². The maximum Gasteiger partial charge on any atom is 0.387 e. The van der Waals surface area contributed by atoms with Gasteiger partial charge in [-0.25, -0.2) is 4.79 Å². The molecule has 2 rings (SSSR count). The molecular formula is C16H15F2NO5S. The Morgan fingerprint density at radius 1 is 1.32 bits per heavy atom. The van der Waals surface area contributed by atoms with Gasteiger partial charge in [0.1, 0.15) is 16.4 Å². The number of ether oxygens (including phenoxy) is 2. The highest BCUT2D eigenvalue weighted by molar-refractivity contribution is 7.14. The van der Waals surface area contributed by atoms with Gasteiger partial charge in [-0.15, -0.1) is 11.3 Å². The van der Waals surface area contributed by atoms with Crippen LogP contribution in [0.15, 0.2) is 30.3 Å². The van der Waals surface area contributed by atoms with Crippen LogP contribution in [0.25, 0.3) is 0 Å². The van der Waals surface area contributed by atoms with Crippen LogP contribution < -0.4 is 14.8 Å². The van der Waals surface area contributed by atoms with Gasteiger partial charge in [0.15, 0.2) is 6.61 Å². The van der Waals surface area contributed by atoms with Crippen LogP contribution in [0, 0.1) is 6.92 Å². The predicted molar refractivity (Wildman–Crippen MR) is 86.4 cm³/mol. The van der Waals surface area contributed by atoms with Crippen molar-refractivity contribution in [2.75, 3.05) is 6.61 Å². The second kappa shape index (κ2) is 8.43. The summed E-state index contributed by atoms with van der Waals surface area (Å²) in [6.45, 7) is -1.68. The van der Waals surface area contributed by atoms with Crippen molar-refractivity contribution in [3.05, 3.63) is 45.6 Å². The van der Waals surface area contributed by atoms with Gasteiger partial charge >= 0.3 is 12.6 Å². The first-order valence-corrected chi connectivity index (χ1v) is 7.94. The van der Waals surface area contributed by atoms with Crippen LogP contribution in [0.5, 0.6) is 11.5 Å². The second-order valence-electron chi connectivity index (χ2n) is 4.94. The number of amides is 1. The van der Waals surface area contributed by atoms with Crippen LogP contribution in [-0.2, 0) is 11.3 Å². The van der Waals surface area contributed by atoms with E-state index in [4.69, 9.17) is 9.84 Å². The summed E-state index contributed by atoms with van der Waals surface area (Å²) in [6.07, 6.45) is 0. The van der Waals surface area contributed by atoms with Gasteiger partial charge in [-0.1, -0.05) is 12.1 Å². The lowest BCUT2D eigenvalue weighted by molar-refractivity contribution is -0.139. The van der Waals surface area contributed by atoms with Gasteiger partial charge in [0.25, 0.3) is 5.91 Å². The highest BCUT2D eigenvalue weighted by Crippen LogP contribution is 2.30. The molecule has 2 N–H and O–H groups in total. The molecule has 25 heavy (non-hydrogen) atoms. The van der Waals surface area contributed by atoms with E-state index in [0.29, 0.717) is 16.2 Å². The molecule has 9 heteroatoms. The summed E-state index contributed by atoms with van der Waals surface area (Å²) in [5.41, 5.74) is 0.667. The number of thiophene rings is 1. The van der Waals surface area contributed by atoms with Crippen LogP contribution >= 0.6 is 11.3 Å². The van der Waals surface area contributed by atoms with E-state index >= 15 is 0 Å². The van der Waals surface area contributed by atoms with E-state index < -0.39 is 25.1 Å². The molecule has 0 saturated heterocycles. The SMILES string of the molecule is Cc1cc(OC(F)F)c(C(=O)NCc2cccc(OCC(=O)O)c2)s1. The Morgan fingerprint density at radius 2 is 2.08 bits per heavy atom. The lowest BCUT2D eigenvalue weighted by atomic mass is 10.2. The molecule has 0 saturated carbocycles. The third-order valence-electron chi connectivity index (χ3n) is 2.96. The molecule has 0 atom stereocenters. The molecule has 0 radical (unpaired) electrons. The molecule has 0 spiro atoms. The molecule has 0 unspecified atom stereocenters. The zero-order valence-electron chi connectivity index (χ0n) is 13.1. The molecule has 0 aliphatic heterocycles. The summed E-state index contributed by atoms with van der Waals surface area (Å²) in [6, 6.07) is 7.92. The Labute approximate surface area is 146 Å². The van der Waals surface area contributed by atoms with Crippen molar-refractivity contribution in [3.63, 3.8) is 0 Å². The van der Waals surface area contributed by atoms with Crippen LogP contribution in [0.4, 0.5) is 8.78 Å². The Bertz CT molecular complexity index is 763. The number of halogens is 2. The quantitative estimate of drug-likeness (QED) is 0.745. The normalized spacial score (nSPS) is 10.6. The van der Waals surface area contributed by atoms with Crippen molar-refractivity contribution in [1.82, 2.24) is 5.32 Å². The number of carboxylic acids is 1. The molecule has 1 aromatic heterocycles. The zero-order chi connectivity index (χ0) is 18.4. The number of carboxylic acid groups (broad SMARTS) is 1. The number of carbonyl (C=O) groups excluding carboxylic acids is 1. The smallest absolute Gasteiger partial charge is 0.387 e. The standard InChI is InChI=1S/C16H15F2NO5S/c1-9-5-12(24-16(17)18)14(25-9)15(22)19-7-10-3-2-4-11(6-10)23-8-13(20)21/h2-6,16H,7-8H2,1H3,(H,19,22)(H,20,21). The predicted octanol–water partition coefficient (Wildman–Crippen LogP) is 3.05. The molecule has 6 nitrogen and oxygen atoms in total. The topological polar surface area (TPSA) is 84.9 Å². The molecule has 0 bridgehead atoms. The summed E-state index contributed by atoms with van der Waals surface area (Å²) in [4.78, 5) is 23.4. The Balaban J connectivity index is 2.00. The summed E-state index contributed by atoms with van der Waals surface area (Å²) < 4.78 is 34.2. The molecule has 0 aliphatic carbocycles. The van der Waals surface area contributed by atoms with Crippen LogP contribution in [0.1, 0.15) is 20.1 Å². The van der Waals surface area contributed by atoms with E-state index in [-0.39, 0.29) is 17.2 Å². The van der Waals surface area contributed by atoms with Crippen molar-refractivity contribution in [2.45, 2.75) is 20.1 Å². The highest BCUT2D eigenvalue weighted by Gasteiger charge is 2.19. The molecule has 0 fully saturated rings. The maximum atomic E-state index is 12.4. The van der Waals surface area contributed by atoms with E-state index in [0.717, 1.165) is 11.3 Å². The van der Waals surface area contributed by atoms with Gasteiger partial charge in [0, 0.05) is 11.4 Å². The number of benzene rings is 1.